The predicted octanol–water partition coefficient (Wildman–Crippen LogP) is 4.63. The smallest absolute Gasteiger partial charge is 0.258 e. The molecule has 1 N–H and O–H groups in total. The molecule has 6 heteroatoms. The topological polar surface area (TPSA) is 29.1 Å². The molecule has 2 aromatic carbocycles. The van der Waals surface area contributed by atoms with E-state index in [1.54, 1.807) is 0 Å². The van der Waals surface area contributed by atoms with Crippen molar-refractivity contribution in [1.29, 1.82) is 0 Å². The van der Waals surface area contributed by atoms with Crippen LogP contribution in [0, 0.1) is 11.6 Å². The third kappa shape index (κ3) is 3.30. The van der Waals surface area contributed by atoms with Crippen LogP contribution in [-0.2, 0) is 0 Å². The molecule has 0 unspecified atom stereocenters. The number of halogens is 4. The van der Waals surface area contributed by atoms with Crippen LogP contribution >= 0.6 is 27.5 Å². The minimum absolute atomic E-state index is 0.0494. The Morgan fingerprint density at radius 3 is 2.53 bits per heavy atom. The number of amides is 1. The van der Waals surface area contributed by atoms with E-state index in [2.05, 4.69) is 21.2 Å². The highest BCUT2D eigenvalue weighted by atomic mass is 79.9. The minimum Gasteiger partial charge on any atom is -0.322 e. The van der Waals surface area contributed by atoms with Gasteiger partial charge in [0.05, 0.1) is 10.6 Å². The summed E-state index contributed by atoms with van der Waals surface area (Å²) < 4.78 is 27.3. The molecule has 0 atom stereocenters. The van der Waals surface area contributed by atoms with Crippen molar-refractivity contribution in [3.05, 3.63) is 63.1 Å². The molecule has 2 nitrogen and oxygen atoms in total. The Labute approximate surface area is 121 Å². The maximum atomic E-state index is 13.5. The standard InChI is InChI=1S/C13H7BrClF2NO/c14-7-1-4-11(16)9(5-7)13(19)18-8-2-3-10(15)12(17)6-8/h1-6H,(H,18,19). The summed E-state index contributed by atoms with van der Waals surface area (Å²) in [5.74, 6) is -1.98. The summed E-state index contributed by atoms with van der Waals surface area (Å²) in [6, 6.07) is 7.80. The van der Waals surface area contributed by atoms with E-state index in [-0.39, 0.29) is 16.3 Å². The van der Waals surface area contributed by atoms with Crippen molar-refractivity contribution < 1.29 is 13.6 Å². The molecule has 2 rings (SSSR count). The maximum absolute atomic E-state index is 13.5. The van der Waals surface area contributed by atoms with Gasteiger partial charge in [-0.05, 0) is 36.4 Å². The van der Waals surface area contributed by atoms with Gasteiger partial charge in [-0.1, -0.05) is 27.5 Å². The Kier molecular flexibility index (Phi) is 4.17. The van der Waals surface area contributed by atoms with Crippen LogP contribution < -0.4 is 5.32 Å². The van der Waals surface area contributed by atoms with Gasteiger partial charge in [0.1, 0.15) is 11.6 Å². The van der Waals surface area contributed by atoms with Crippen molar-refractivity contribution in [1.82, 2.24) is 0 Å². The van der Waals surface area contributed by atoms with Gasteiger partial charge in [-0.15, -0.1) is 0 Å². The fourth-order valence-corrected chi connectivity index (χ4v) is 1.92. The third-order valence-electron chi connectivity index (χ3n) is 2.35. The molecule has 0 aliphatic heterocycles. The molecule has 0 bridgehead atoms. The Bertz CT molecular complexity index is 649. The van der Waals surface area contributed by atoms with E-state index in [9.17, 15) is 13.6 Å². The zero-order valence-corrected chi connectivity index (χ0v) is 11.7. The van der Waals surface area contributed by atoms with Crippen molar-refractivity contribution >= 4 is 39.1 Å². The van der Waals surface area contributed by atoms with E-state index in [0.29, 0.717) is 4.47 Å². The quantitative estimate of drug-likeness (QED) is 0.844. The highest BCUT2D eigenvalue weighted by molar-refractivity contribution is 9.10. The first-order valence-corrected chi connectivity index (χ1v) is 6.36. The van der Waals surface area contributed by atoms with E-state index < -0.39 is 17.5 Å². The van der Waals surface area contributed by atoms with E-state index in [1.165, 1.54) is 30.3 Å². The molecule has 98 valence electrons. The van der Waals surface area contributed by atoms with Crippen molar-refractivity contribution in [3.63, 3.8) is 0 Å². The molecule has 0 aliphatic carbocycles. The molecule has 19 heavy (non-hydrogen) atoms. The van der Waals surface area contributed by atoms with Gasteiger partial charge in [0, 0.05) is 10.2 Å². The largest absolute Gasteiger partial charge is 0.322 e. The molecule has 0 heterocycles. The number of carbonyl (C=O) groups excluding carboxylic acids is 1. The molecule has 0 aromatic heterocycles. The fraction of sp³-hybridized carbons (Fsp3) is 0. The van der Waals surface area contributed by atoms with E-state index in [1.807, 2.05) is 0 Å². The van der Waals surface area contributed by atoms with Crippen LogP contribution in [0.2, 0.25) is 5.02 Å². The van der Waals surface area contributed by atoms with E-state index in [0.717, 1.165) is 6.07 Å². The highest BCUT2D eigenvalue weighted by Crippen LogP contribution is 2.21. The molecule has 0 fully saturated rings. The summed E-state index contributed by atoms with van der Waals surface area (Å²) in [7, 11) is 0. The number of hydrogen-bond donors (Lipinski definition) is 1. The van der Waals surface area contributed by atoms with Gasteiger partial charge in [-0.2, -0.15) is 0 Å². The summed E-state index contributed by atoms with van der Waals surface area (Å²) in [6.45, 7) is 0. The van der Waals surface area contributed by atoms with Gasteiger partial charge >= 0.3 is 0 Å². The van der Waals surface area contributed by atoms with Gasteiger partial charge < -0.3 is 5.32 Å². The molecule has 0 aliphatic rings. The predicted molar refractivity (Wildman–Crippen MR) is 73.5 cm³/mol. The minimum atomic E-state index is -0.666. The number of rotatable bonds is 2. The Hall–Kier alpha value is -1.46. The van der Waals surface area contributed by atoms with Crippen LogP contribution in [0.25, 0.3) is 0 Å². The van der Waals surface area contributed by atoms with Gasteiger partial charge in [-0.3, -0.25) is 4.79 Å². The first kappa shape index (κ1) is 14.0. The molecule has 1 amide bonds. The number of carbonyl (C=O) groups is 1. The summed E-state index contributed by atoms with van der Waals surface area (Å²) in [5, 5.41) is 2.35. The van der Waals surface area contributed by atoms with Crippen LogP contribution in [0.1, 0.15) is 10.4 Å². The second-order valence-corrected chi connectivity index (χ2v) is 5.03. The number of hydrogen-bond acceptors (Lipinski definition) is 1. The second-order valence-electron chi connectivity index (χ2n) is 3.71. The zero-order valence-electron chi connectivity index (χ0n) is 9.38. The van der Waals surface area contributed by atoms with Crippen LogP contribution in [0.4, 0.5) is 14.5 Å². The number of benzene rings is 2. The fourth-order valence-electron chi connectivity index (χ4n) is 1.44. The second kappa shape index (κ2) is 5.67. The Balaban J connectivity index is 2.25. The summed E-state index contributed by atoms with van der Waals surface area (Å²) in [6.07, 6.45) is 0. The molecular formula is C13H7BrClF2NO. The first-order valence-electron chi connectivity index (χ1n) is 5.19. The lowest BCUT2D eigenvalue weighted by Gasteiger charge is -2.07. The molecule has 2 aromatic rings. The van der Waals surface area contributed by atoms with Gasteiger partial charge in [-0.25, -0.2) is 8.78 Å². The van der Waals surface area contributed by atoms with Crippen molar-refractivity contribution in [2.75, 3.05) is 5.32 Å². The maximum Gasteiger partial charge on any atom is 0.258 e. The van der Waals surface area contributed by atoms with Crippen LogP contribution in [0.15, 0.2) is 40.9 Å². The lowest BCUT2D eigenvalue weighted by molar-refractivity contribution is 0.102. The van der Waals surface area contributed by atoms with Gasteiger partial charge in [0.25, 0.3) is 5.91 Å². The van der Waals surface area contributed by atoms with E-state index >= 15 is 0 Å². The lowest BCUT2D eigenvalue weighted by atomic mass is 10.2. The van der Waals surface area contributed by atoms with Crippen LogP contribution in [0.3, 0.4) is 0 Å². The monoisotopic (exact) mass is 345 g/mol. The highest BCUT2D eigenvalue weighted by Gasteiger charge is 2.13. The Morgan fingerprint density at radius 2 is 1.84 bits per heavy atom. The lowest BCUT2D eigenvalue weighted by Crippen LogP contribution is -2.13. The summed E-state index contributed by atoms with van der Waals surface area (Å²) >= 11 is 8.67. The van der Waals surface area contributed by atoms with Crippen molar-refractivity contribution in [3.8, 4) is 0 Å². The molecular weight excluding hydrogens is 340 g/mol. The summed E-state index contributed by atoms with van der Waals surface area (Å²) in [4.78, 5) is 11.9. The SMILES string of the molecule is O=C(Nc1ccc(Cl)c(F)c1)c1cc(Br)ccc1F. The van der Waals surface area contributed by atoms with Gasteiger partial charge in [0.15, 0.2) is 0 Å². The average molecular weight is 347 g/mol. The molecule has 0 saturated heterocycles. The van der Waals surface area contributed by atoms with Gasteiger partial charge in [0.2, 0.25) is 0 Å². The zero-order chi connectivity index (χ0) is 14.0. The average Bonchev–Trinajstić information content (AvgIpc) is 2.36. The molecule has 0 saturated carbocycles. The molecule has 0 radical (unpaired) electrons. The van der Waals surface area contributed by atoms with Crippen LogP contribution in [0.5, 0.6) is 0 Å². The van der Waals surface area contributed by atoms with E-state index in [4.69, 9.17) is 11.6 Å². The number of nitrogens with one attached hydrogen (secondary N) is 1. The normalized spacial score (nSPS) is 10.3. The third-order valence-corrected chi connectivity index (χ3v) is 3.15. The number of anilines is 1. The van der Waals surface area contributed by atoms with Crippen molar-refractivity contribution in [2.45, 2.75) is 0 Å². The Morgan fingerprint density at radius 1 is 1.11 bits per heavy atom. The van der Waals surface area contributed by atoms with Crippen molar-refractivity contribution in [2.24, 2.45) is 0 Å². The van der Waals surface area contributed by atoms with Crippen LogP contribution in [-0.4, -0.2) is 5.91 Å². The first-order chi connectivity index (χ1) is 8.97. The summed E-state index contributed by atoms with van der Waals surface area (Å²) in [5.41, 5.74) is 0.0657. The molecule has 0 spiro atoms.